The first-order chi connectivity index (χ1) is 6.37. The molecule has 0 aromatic carbocycles. The summed E-state index contributed by atoms with van der Waals surface area (Å²) in [5, 5.41) is 10.1. The lowest BCUT2D eigenvalue weighted by molar-refractivity contribution is 0.203. The number of carbonyl (C=O) groups is 1. The number of nitrogens with zero attached hydrogens (tertiary/aromatic N) is 1. The quantitative estimate of drug-likeness (QED) is 0.462. The first kappa shape index (κ1) is 12.7. The Labute approximate surface area is 85.2 Å². The second kappa shape index (κ2) is 4.83. The van der Waals surface area contributed by atoms with Crippen LogP contribution in [0.2, 0.25) is 0 Å². The number of urea groups is 1. The van der Waals surface area contributed by atoms with Crippen molar-refractivity contribution in [1.82, 2.24) is 10.2 Å². The van der Waals surface area contributed by atoms with Crippen LogP contribution in [0.1, 0.15) is 27.2 Å². The third kappa shape index (κ3) is 2.90. The molecular formula is C9H20N4O. The van der Waals surface area contributed by atoms with Crippen molar-refractivity contribution in [3.63, 3.8) is 0 Å². The van der Waals surface area contributed by atoms with Gasteiger partial charge in [0.2, 0.25) is 0 Å². The molecule has 0 aromatic rings. The van der Waals surface area contributed by atoms with Crippen molar-refractivity contribution in [1.29, 1.82) is 5.41 Å². The van der Waals surface area contributed by atoms with Crippen molar-refractivity contribution in [3.05, 3.63) is 0 Å². The summed E-state index contributed by atoms with van der Waals surface area (Å²) in [5.41, 5.74) is 4.69. The standard InChI is InChI=1S/C9H20N4O/c1-5-9(3,7(10)11)12-8(14)13(4)6-2/h5-6H2,1-4H3,(H3,10,11)(H,12,14). The second-order valence-corrected chi connectivity index (χ2v) is 3.54. The molecule has 0 aliphatic carbocycles. The van der Waals surface area contributed by atoms with E-state index in [9.17, 15) is 4.79 Å². The molecule has 82 valence electrons. The highest BCUT2D eigenvalue weighted by Crippen LogP contribution is 2.08. The van der Waals surface area contributed by atoms with Gasteiger partial charge < -0.3 is 16.0 Å². The third-order valence-electron chi connectivity index (χ3n) is 2.51. The SMILES string of the molecule is CCN(C)C(=O)NC(C)(CC)C(=N)N. The molecule has 0 aromatic heterocycles. The Balaban J connectivity index is 4.47. The predicted molar refractivity (Wildman–Crippen MR) is 57.4 cm³/mol. The van der Waals surface area contributed by atoms with Crippen LogP contribution < -0.4 is 11.1 Å². The Kier molecular flexibility index (Phi) is 4.40. The van der Waals surface area contributed by atoms with Crippen LogP contribution in [0.3, 0.4) is 0 Å². The maximum absolute atomic E-state index is 11.5. The van der Waals surface area contributed by atoms with E-state index in [4.69, 9.17) is 11.1 Å². The zero-order chi connectivity index (χ0) is 11.4. The molecular weight excluding hydrogens is 180 g/mol. The Bertz CT molecular complexity index is 229. The Morgan fingerprint density at radius 2 is 2.07 bits per heavy atom. The first-order valence-corrected chi connectivity index (χ1v) is 4.75. The van der Waals surface area contributed by atoms with Crippen LogP contribution in [0.4, 0.5) is 4.79 Å². The van der Waals surface area contributed by atoms with Crippen molar-refractivity contribution in [3.8, 4) is 0 Å². The van der Waals surface area contributed by atoms with E-state index in [1.165, 1.54) is 4.90 Å². The Morgan fingerprint density at radius 1 is 1.57 bits per heavy atom. The van der Waals surface area contributed by atoms with Crippen LogP contribution in [0.25, 0.3) is 0 Å². The lowest BCUT2D eigenvalue weighted by Gasteiger charge is -2.30. The van der Waals surface area contributed by atoms with Crippen LogP contribution in [0, 0.1) is 5.41 Å². The van der Waals surface area contributed by atoms with Crippen molar-refractivity contribution >= 4 is 11.9 Å². The Hall–Kier alpha value is -1.26. The van der Waals surface area contributed by atoms with E-state index >= 15 is 0 Å². The molecule has 14 heavy (non-hydrogen) atoms. The summed E-state index contributed by atoms with van der Waals surface area (Å²) in [6, 6.07) is -0.202. The molecule has 0 rings (SSSR count). The van der Waals surface area contributed by atoms with Gasteiger partial charge in [0.05, 0.1) is 5.54 Å². The van der Waals surface area contributed by atoms with Crippen molar-refractivity contribution in [2.45, 2.75) is 32.7 Å². The molecule has 5 nitrogen and oxygen atoms in total. The normalized spacial score (nSPS) is 14.3. The lowest BCUT2D eigenvalue weighted by atomic mass is 9.98. The van der Waals surface area contributed by atoms with Gasteiger partial charge in [-0.15, -0.1) is 0 Å². The fraction of sp³-hybridized carbons (Fsp3) is 0.778. The van der Waals surface area contributed by atoms with Crippen LogP contribution in [-0.4, -0.2) is 35.9 Å². The topological polar surface area (TPSA) is 82.2 Å². The summed E-state index contributed by atoms with van der Waals surface area (Å²) in [7, 11) is 1.70. The fourth-order valence-electron chi connectivity index (χ4n) is 0.821. The molecule has 0 aliphatic heterocycles. The highest BCUT2D eigenvalue weighted by atomic mass is 16.2. The average Bonchev–Trinajstić information content (AvgIpc) is 2.15. The largest absolute Gasteiger partial charge is 0.386 e. The zero-order valence-electron chi connectivity index (χ0n) is 9.35. The molecule has 0 fully saturated rings. The van der Waals surface area contributed by atoms with Crippen molar-refractivity contribution < 1.29 is 4.79 Å². The first-order valence-electron chi connectivity index (χ1n) is 4.75. The number of amides is 2. The molecule has 5 heteroatoms. The van der Waals surface area contributed by atoms with Gasteiger partial charge in [-0.25, -0.2) is 4.79 Å². The average molecular weight is 200 g/mol. The van der Waals surface area contributed by atoms with Gasteiger partial charge in [0.15, 0.2) is 0 Å². The molecule has 4 N–H and O–H groups in total. The summed E-state index contributed by atoms with van der Waals surface area (Å²) in [6.07, 6.45) is 0.603. The van der Waals surface area contributed by atoms with Crippen LogP contribution in [0.5, 0.6) is 0 Å². The van der Waals surface area contributed by atoms with E-state index in [0.717, 1.165) is 0 Å². The molecule has 0 bridgehead atoms. The third-order valence-corrected chi connectivity index (χ3v) is 2.51. The predicted octanol–water partition coefficient (Wildman–Crippen LogP) is 0.752. The van der Waals surface area contributed by atoms with Gasteiger partial charge in [-0.1, -0.05) is 6.92 Å². The van der Waals surface area contributed by atoms with E-state index in [0.29, 0.717) is 13.0 Å². The summed E-state index contributed by atoms with van der Waals surface area (Å²) < 4.78 is 0. The van der Waals surface area contributed by atoms with Gasteiger partial charge >= 0.3 is 6.03 Å². The number of carbonyl (C=O) groups excluding carboxylic acids is 1. The molecule has 1 atom stereocenters. The molecule has 0 heterocycles. The van der Waals surface area contributed by atoms with Gasteiger partial charge in [0.1, 0.15) is 5.84 Å². The number of hydrogen-bond donors (Lipinski definition) is 3. The molecule has 0 radical (unpaired) electrons. The number of nitrogens with two attached hydrogens (primary N) is 1. The fourth-order valence-corrected chi connectivity index (χ4v) is 0.821. The number of amidine groups is 1. The number of hydrogen-bond acceptors (Lipinski definition) is 2. The van der Waals surface area contributed by atoms with Gasteiger partial charge in [0.25, 0.3) is 0 Å². The minimum atomic E-state index is -0.736. The molecule has 2 amide bonds. The summed E-state index contributed by atoms with van der Waals surface area (Å²) in [6.45, 7) is 6.14. The van der Waals surface area contributed by atoms with Crippen molar-refractivity contribution in [2.24, 2.45) is 5.73 Å². The minimum Gasteiger partial charge on any atom is -0.386 e. The molecule has 0 saturated heterocycles. The minimum absolute atomic E-state index is 0.0159. The second-order valence-electron chi connectivity index (χ2n) is 3.54. The van der Waals surface area contributed by atoms with E-state index in [1.54, 1.807) is 14.0 Å². The number of rotatable bonds is 4. The maximum atomic E-state index is 11.5. The van der Waals surface area contributed by atoms with E-state index in [1.807, 2.05) is 13.8 Å². The Morgan fingerprint density at radius 3 is 2.36 bits per heavy atom. The highest BCUT2D eigenvalue weighted by Gasteiger charge is 2.28. The molecule has 1 unspecified atom stereocenters. The van der Waals surface area contributed by atoms with E-state index in [2.05, 4.69) is 5.32 Å². The van der Waals surface area contributed by atoms with Gasteiger partial charge in [0, 0.05) is 13.6 Å². The van der Waals surface area contributed by atoms with Gasteiger partial charge in [-0.05, 0) is 20.3 Å². The van der Waals surface area contributed by atoms with Crippen LogP contribution in [-0.2, 0) is 0 Å². The van der Waals surface area contributed by atoms with E-state index < -0.39 is 5.54 Å². The van der Waals surface area contributed by atoms with Gasteiger partial charge in [-0.3, -0.25) is 5.41 Å². The molecule has 0 aliphatic rings. The maximum Gasteiger partial charge on any atom is 0.317 e. The number of nitrogens with one attached hydrogen (secondary N) is 2. The van der Waals surface area contributed by atoms with Gasteiger partial charge in [-0.2, -0.15) is 0 Å². The monoisotopic (exact) mass is 200 g/mol. The zero-order valence-corrected chi connectivity index (χ0v) is 9.35. The molecule has 0 spiro atoms. The lowest BCUT2D eigenvalue weighted by Crippen LogP contribution is -2.57. The van der Waals surface area contributed by atoms with Crippen LogP contribution in [0.15, 0.2) is 0 Å². The highest BCUT2D eigenvalue weighted by molar-refractivity contribution is 5.91. The summed E-state index contributed by atoms with van der Waals surface area (Å²) >= 11 is 0. The summed E-state index contributed by atoms with van der Waals surface area (Å²) in [4.78, 5) is 13.1. The van der Waals surface area contributed by atoms with Crippen LogP contribution >= 0.6 is 0 Å². The van der Waals surface area contributed by atoms with E-state index in [-0.39, 0.29) is 11.9 Å². The van der Waals surface area contributed by atoms with Crippen molar-refractivity contribution in [2.75, 3.05) is 13.6 Å². The summed E-state index contributed by atoms with van der Waals surface area (Å²) in [5.74, 6) is -0.0159. The smallest absolute Gasteiger partial charge is 0.317 e. The molecule has 0 saturated carbocycles.